The highest BCUT2D eigenvalue weighted by atomic mass is 79.9. The summed E-state index contributed by atoms with van der Waals surface area (Å²) < 4.78 is 10.7. The highest BCUT2D eigenvalue weighted by molar-refractivity contribution is 9.09. The molecule has 0 unspecified atom stereocenters. The number of nitrogens with zero attached hydrogens (tertiary/aromatic N) is 1. The lowest BCUT2D eigenvalue weighted by Crippen LogP contribution is -2.49. The van der Waals surface area contributed by atoms with Crippen molar-refractivity contribution >= 4 is 27.8 Å². The SMILES string of the molecule is O=C1O[C@@H]2[C@H](Br)[C@@H]3C[C@@H]2[C@H]1[C@@H]3C(=O)N1CCOCC1. The van der Waals surface area contributed by atoms with Crippen LogP contribution in [0.15, 0.2) is 0 Å². The lowest BCUT2D eigenvalue weighted by atomic mass is 9.79. The maximum Gasteiger partial charge on any atom is 0.310 e. The molecule has 0 spiro atoms. The first-order valence-corrected chi connectivity index (χ1v) is 7.81. The molecule has 2 aliphatic carbocycles. The average Bonchev–Trinajstić information content (AvgIpc) is 3.03. The number of morpholine rings is 1. The number of carbonyl (C=O) groups excluding carboxylic acids is 2. The number of esters is 1. The van der Waals surface area contributed by atoms with Crippen molar-refractivity contribution in [1.29, 1.82) is 0 Å². The van der Waals surface area contributed by atoms with E-state index in [9.17, 15) is 9.59 Å². The van der Waals surface area contributed by atoms with Crippen molar-refractivity contribution in [3.63, 3.8) is 0 Å². The molecule has 0 N–H and O–H groups in total. The molecule has 6 heteroatoms. The van der Waals surface area contributed by atoms with Gasteiger partial charge in [-0.3, -0.25) is 9.59 Å². The molecule has 4 aliphatic rings. The second kappa shape index (κ2) is 4.19. The molecule has 2 aliphatic heterocycles. The van der Waals surface area contributed by atoms with E-state index in [0.29, 0.717) is 26.3 Å². The molecule has 0 aromatic rings. The normalized spacial score (nSPS) is 47.6. The van der Waals surface area contributed by atoms with Gasteiger partial charge in [0, 0.05) is 19.0 Å². The van der Waals surface area contributed by atoms with E-state index in [-0.39, 0.29) is 46.5 Å². The Morgan fingerprint density at radius 1 is 1.26 bits per heavy atom. The molecule has 2 saturated heterocycles. The van der Waals surface area contributed by atoms with E-state index in [2.05, 4.69) is 15.9 Å². The van der Waals surface area contributed by atoms with Crippen LogP contribution >= 0.6 is 15.9 Å². The van der Waals surface area contributed by atoms with E-state index in [0.717, 1.165) is 6.42 Å². The molecule has 4 fully saturated rings. The zero-order valence-electron chi connectivity index (χ0n) is 10.5. The predicted octanol–water partition coefficient (Wildman–Crippen LogP) is 0.416. The quantitative estimate of drug-likeness (QED) is 0.516. The third kappa shape index (κ3) is 1.56. The lowest BCUT2D eigenvalue weighted by molar-refractivity contribution is -0.149. The summed E-state index contributed by atoms with van der Waals surface area (Å²) in [5.74, 6) is 0.0881. The number of fused-ring (bicyclic) bond motifs is 1. The Balaban J connectivity index is 1.61. The van der Waals surface area contributed by atoms with Gasteiger partial charge in [-0.05, 0) is 12.3 Å². The van der Waals surface area contributed by atoms with Gasteiger partial charge in [-0.15, -0.1) is 0 Å². The van der Waals surface area contributed by atoms with Crippen molar-refractivity contribution in [2.24, 2.45) is 23.7 Å². The fourth-order valence-corrected chi connectivity index (χ4v) is 5.35. The second-order valence-corrected chi connectivity index (χ2v) is 6.96. The maximum absolute atomic E-state index is 12.7. The first-order valence-electron chi connectivity index (χ1n) is 6.89. The molecule has 1 amide bonds. The van der Waals surface area contributed by atoms with Crippen LogP contribution in [-0.4, -0.2) is 54.0 Å². The summed E-state index contributed by atoms with van der Waals surface area (Å²) in [4.78, 5) is 26.7. The van der Waals surface area contributed by atoms with Crippen molar-refractivity contribution in [2.75, 3.05) is 26.3 Å². The Hall–Kier alpha value is -0.620. The Morgan fingerprint density at radius 3 is 2.74 bits per heavy atom. The van der Waals surface area contributed by atoms with Crippen molar-refractivity contribution in [3.05, 3.63) is 0 Å². The monoisotopic (exact) mass is 329 g/mol. The highest BCUT2D eigenvalue weighted by Gasteiger charge is 2.68. The van der Waals surface area contributed by atoms with E-state index >= 15 is 0 Å². The molecule has 104 valence electrons. The summed E-state index contributed by atoms with van der Waals surface area (Å²) in [5.41, 5.74) is 0. The molecule has 0 radical (unpaired) electrons. The van der Waals surface area contributed by atoms with Crippen molar-refractivity contribution in [3.8, 4) is 0 Å². The van der Waals surface area contributed by atoms with E-state index in [1.54, 1.807) is 0 Å². The van der Waals surface area contributed by atoms with Crippen molar-refractivity contribution in [1.82, 2.24) is 4.90 Å². The van der Waals surface area contributed by atoms with Crippen LogP contribution in [0.1, 0.15) is 6.42 Å². The Morgan fingerprint density at radius 2 is 2.00 bits per heavy atom. The van der Waals surface area contributed by atoms with E-state index in [4.69, 9.17) is 9.47 Å². The smallest absolute Gasteiger partial charge is 0.310 e. The van der Waals surface area contributed by atoms with Gasteiger partial charge in [-0.1, -0.05) is 15.9 Å². The van der Waals surface area contributed by atoms with Gasteiger partial charge < -0.3 is 14.4 Å². The minimum absolute atomic E-state index is 0.00348. The van der Waals surface area contributed by atoms with Crippen LogP contribution in [0.2, 0.25) is 0 Å². The van der Waals surface area contributed by atoms with Crippen molar-refractivity contribution in [2.45, 2.75) is 17.4 Å². The highest BCUT2D eigenvalue weighted by Crippen LogP contribution is 2.60. The van der Waals surface area contributed by atoms with Gasteiger partial charge in [0.25, 0.3) is 0 Å². The van der Waals surface area contributed by atoms with Crippen LogP contribution in [0.4, 0.5) is 0 Å². The summed E-state index contributed by atoms with van der Waals surface area (Å²) in [6, 6.07) is 0. The molecule has 0 aromatic heterocycles. The van der Waals surface area contributed by atoms with Gasteiger partial charge >= 0.3 is 5.97 Å². The summed E-state index contributed by atoms with van der Waals surface area (Å²) in [7, 11) is 0. The second-order valence-electron chi connectivity index (χ2n) is 5.90. The number of hydrogen-bond donors (Lipinski definition) is 0. The fourth-order valence-electron chi connectivity index (χ4n) is 4.30. The largest absolute Gasteiger partial charge is 0.461 e. The first-order chi connectivity index (χ1) is 9.18. The van der Waals surface area contributed by atoms with Gasteiger partial charge in [0.2, 0.25) is 5.91 Å². The van der Waals surface area contributed by atoms with Crippen LogP contribution in [0.3, 0.4) is 0 Å². The van der Waals surface area contributed by atoms with Crippen LogP contribution in [0.25, 0.3) is 0 Å². The minimum Gasteiger partial charge on any atom is -0.461 e. The topological polar surface area (TPSA) is 55.8 Å². The van der Waals surface area contributed by atoms with Gasteiger partial charge in [0.1, 0.15) is 6.10 Å². The van der Waals surface area contributed by atoms with Crippen LogP contribution < -0.4 is 0 Å². The van der Waals surface area contributed by atoms with Gasteiger partial charge in [-0.25, -0.2) is 0 Å². The van der Waals surface area contributed by atoms with E-state index in [1.165, 1.54) is 0 Å². The zero-order valence-corrected chi connectivity index (χ0v) is 12.0. The van der Waals surface area contributed by atoms with Crippen molar-refractivity contribution < 1.29 is 19.1 Å². The van der Waals surface area contributed by atoms with Gasteiger partial charge in [-0.2, -0.15) is 0 Å². The molecule has 5 nitrogen and oxygen atoms in total. The molecule has 2 bridgehead atoms. The molecule has 2 heterocycles. The number of rotatable bonds is 1. The molecule has 0 aromatic carbocycles. The summed E-state index contributed by atoms with van der Waals surface area (Å²) in [6.45, 7) is 2.49. The maximum atomic E-state index is 12.7. The summed E-state index contributed by atoms with van der Waals surface area (Å²) >= 11 is 3.64. The van der Waals surface area contributed by atoms with E-state index in [1.807, 2.05) is 4.90 Å². The van der Waals surface area contributed by atoms with Crippen LogP contribution in [0.5, 0.6) is 0 Å². The lowest BCUT2D eigenvalue weighted by Gasteiger charge is -2.34. The van der Waals surface area contributed by atoms with E-state index < -0.39 is 0 Å². The third-order valence-corrected chi connectivity index (χ3v) is 6.33. The molecule has 19 heavy (non-hydrogen) atoms. The molecule has 6 atom stereocenters. The molecule has 2 saturated carbocycles. The predicted molar refractivity (Wildman–Crippen MR) is 68.6 cm³/mol. The van der Waals surface area contributed by atoms with Gasteiger partial charge in [0.05, 0.1) is 29.9 Å². The number of amides is 1. The standard InChI is InChI=1S/C13H16BrNO4/c14-10-6-5-7-9(13(17)19-11(7)10)8(6)12(16)15-1-3-18-4-2-15/h6-11H,1-5H2/t6-,7-,8-,9+,10-,11+/m1/s1. The van der Waals surface area contributed by atoms with Crippen LogP contribution in [-0.2, 0) is 19.1 Å². The Kier molecular flexibility index (Phi) is 2.68. The minimum atomic E-state index is -0.195. The summed E-state index contributed by atoms with van der Waals surface area (Å²) in [5, 5.41) is 0. The number of halogens is 1. The third-order valence-electron chi connectivity index (χ3n) is 5.13. The van der Waals surface area contributed by atoms with Gasteiger partial charge in [0.15, 0.2) is 0 Å². The Labute approximate surface area is 119 Å². The number of alkyl halides is 1. The Bertz CT molecular complexity index is 436. The fraction of sp³-hybridized carbons (Fsp3) is 0.846. The molecular formula is C13H16BrNO4. The average molecular weight is 330 g/mol. The number of carbonyl (C=O) groups is 2. The first kappa shape index (κ1) is 12.1. The molecule has 4 rings (SSSR count). The number of hydrogen-bond acceptors (Lipinski definition) is 4. The summed E-state index contributed by atoms with van der Waals surface area (Å²) in [6.07, 6.45) is 0.939. The van der Waals surface area contributed by atoms with Crippen LogP contribution in [0, 0.1) is 23.7 Å². The molecular weight excluding hydrogens is 314 g/mol. The number of ether oxygens (including phenoxy) is 2. The zero-order chi connectivity index (χ0) is 13.1.